The van der Waals surface area contributed by atoms with Crippen molar-refractivity contribution in [2.45, 2.75) is 12.5 Å². The first kappa shape index (κ1) is 17.7. The summed E-state index contributed by atoms with van der Waals surface area (Å²) in [4.78, 5) is 18.0. The summed E-state index contributed by atoms with van der Waals surface area (Å²) < 4.78 is 5.38. The van der Waals surface area contributed by atoms with Crippen LogP contribution in [0.15, 0.2) is 17.5 Å². The van der Waals surface area contributed by atoms with Crippen molar-refractivity contribution in [2.24, 2.45) is 0 Å². The van der Waals surface area contributed by atoms with E-state index >= 15 is 0 Å². The van der Waals surface area contributed by atoms with Crippen LogP contribution in [0.3, 0.4) is 0 Å². The van der Waals surface area contributed by atoms with E-state index in [9.17, 15) is 4.79 Å². The number of carbonyl (C=O) groups excluding carboxylic acids is 1. The third-order valence-corrected chi connectivity index (χ3v) is 5.09. The molecule has 1 aromatic rings. The van der Waals surface area contributed by atoms with E-state index in [0.29, 0.717) is 6.04 Å². The highest BCUT2D eigenvalue weighted by atomic mass is 35.5. The molecule has 22 heavy (non-hydrogen) atoms. The predicted molar refractivity (Wildman–Crippen MR) is 91.1 cm³/mol. The van der Waals surface area contributed by atoms with Crippen LogP contribution in [-0.4, -0.2) is 74.2 Å². The van der Waals surface area contributed by atoms with Gasteiger partial charge in [-0.15, -0.1) is 23.7 Å². The Kier molecular flexibility index (Phi) is 7.11. The van der Waals surface area contributed by atoms with E-state index in [1.165, 1.54) is 11.3 Å². The summed E-state index contributed by atoms with van der Waals surface area (Å²) in [6.45, 7) is 7.25. The van der Waals surface area contributed by atoms with Gasteiger partial charge < -0.3 is 15.0 Å². The van der Waals surface area contributed by atoms with Crippen LogP contribution in [-0.2, 0) is 4.74 Å². The number of nitrogens with one attached hydrogen (secondary N) is 1. The van der Waals surface area contributed by atoms with Gasteiger partial charge in [0.15, 0.2) is 0 Å². The van der Waals surface area contributed by atoms with E-state index in [-0.39, 0.29) is 18.3 Å². The largest absolute Gasteiger partial charge is 0.379 e. The average molecular weight is 346 g/mol. The number of morpholine rings is 1. The van der Waals surface area contributed by atoms with Crippen molar-refractivity contribution in [3.63, 3.8) is 0 Å². The van der Waals surface area contributed by atoms with Crippen LogP contribution in [0.4, 0.5) is 0 Å². The molecule has 0 bridgehead atoms. The minimum absolute atomic E-state index is 0. The standard InChI is InChI=1S/C15H23N3O2S.ClH/c19-15(14-2-1-11-21-14)18(13-3-4-16-12-13)6-5-17-7-9-20-10-8-17;/h1-2,11,13,16H,3-10,12H2;1H. The molecule has 0 aliphatic carbocycles. The molecule has 0 aromatic carbocycles. The van der Waals surface area contributed by atoms with Crippen molar-refractivity contribution in [1.82, 2.24) is 15.1 Å². The number of halogens is 1. The van der Waals surface area contributed by atoms with Crippen LogP contribution < -0.4 is 5.32 Å². The number of amides is 1. The third-order valence-electron chi connectivity index (χ3n) is 4.23. The Labute approximate surface area is 142 Å². The highest BCUT2D eigenvalue weighted by Crippen LogP contribution is 2.17. The molecule has 2 fully saturated rings. The van der Waals surface area contributed by atoms with Crippen molar-refractivity contribution in [3.05, 3.63) is 22.4 Å². The number of hydrogen-bond donors (Lipinski definition) is 1. The molecule has 124 valence electrons. The van der Waals surface area contributed by atoms with E-state index in [1.54, 1.807) is 0 Å². The summed E-state index contributed by atoms with van der Waals surface area (Å²) in [7, 11) is 0. The molecular formula is C15H24ClN3O2S. The maximum Gasteiger partial charge on any atom is 0.264 e. The fourth-order valence-electron chi connectivity index (χ4n) is 2.97. The Morgan fingerprint density at radius 1 is 1.45 bits per heavy atom. The molecule has 3 rings (SSSR count). The van der Waals surface area contributed by atoms with Gasteiger partial charge in [0.2, 0.25) is 0 Å². The zero-order chi connectivity index (χ0) is 14.5. The highest BCUT2D eigenvalue weighted by molar-refractivity contribution is 7.12. The lowest BCUT2D eigenvalue weighted by molar-refractivity contribution is 0.0302. The zero-order valence-corrected chi connectivity index (χ0v) is 14.3. The van der Waals surface area contributed by atoms with Crippen molar-refractivity contribution < 1.29 is 9.53 Å². The smallest absolute Gasteiger partial charge is 0.264 e. The minimum Gasteiger partial charge on any atom is -0.379 e. The molecule has 3 heterocycles. The molecule has 1 aromatic heterocycles. The molecule has 0 saturated carbocycles. The van der Waals surface area contributed by atoms with E-state index in [0.717, 1.165) is 63.8 Å². The maximum absolute atomic E-state index is 12.7. The molecule has 1 atom stereocenters. The molecule has 0 spiro atoms. The molecule has 1 N–H and O–H groups in total. The molecule has 0 radical (unpaired) electrons. The summed E-state index contributed by atoms with van der Waals surface area (Å²) in [6, 6.07) is 4.21. The van der Waals surface area contributed by atoms with Crippen LogP contribution in [0.2, 0.25) is 0 Å². The van der Waals surface area contributed by atoms with Gasteiger partial charge in [0.1, 0.15) is 0 Å². The molecule has 5 nitrogen and oxygen atoms in total. The summed E-state index contributed by atoms with van der Waals surface area (Å²) >= 11 is 1.53. The molecule has 2 aliphatic rings. The Morgan fingerprint density at radius 3 is 2.91 bits per heavy atom. The molecule has 1 unspecified atom stereocenters. The zero-order valence-electron chi connectivity index (χ0n) is 12.7. The number of ether oxygens (including phenoxy) is 1. The summed E-state index contributed by atoms with van der Waals surface area (Å²) in [5.74, 6) is 0.187. The lowest BCUT2D eigenvalue weighted by Crippen LogP contribution is -2.47. The summed E-state index contributed by atoms with van der Waals surface area (Å²) in [6.07, 6.45) is 1.06. The highest BCUT2D eigenvalue weighted by Gasteiger charge is 2.28. The second-order valence-electron chi connectivity index (χ2n) is 5.58. The lowest BCUT2D eigenvalue weighted by atomic mass is 10.2. The van der Waals surface area contributed by atoms with Crippen molar-refractivity contribution in [1.29, 1.82) is 0 Å². The second-order valence-corrected chi connectivity index (χ2v) is 6.52. The number of hydrogen-bond acceptors (Lipinski definition) is 5. The van der Waals surface area contributed by atoms with E-state index < -0.39 is 0 Å². The number of rotatable bonds is 5. The van der Waals surface area contributed by atoms with Gasteiger partial charge in [-0.25, -0.2) is 0 Å². The topological polar surface area (TPSA) is 44.8 Å². The van der Waals surface area contributed by atoms with Gasteiger partial charge in [-0.2, -0.15) is 0 Å². The van der Waals surface area contributed by atoms with Crippen molar-refractivity contribution in [3.8, 4) is 0 Å². The summed E-state index contributed by atoms with van der Waals surface area (Å²) in [5.41, 5.74) is 0. The van der Waals surface area contributed by atoms with E-state index in [4.69, 9.17) is 4.74 Å². The Hall–Kier alpha value is -0.660. The van der Waals surface area contributed by atoms with Gasteiger partial charge in [-0.3, -0.25) is 9.69 Å². The second kappa shape index (κ2) is 8.84. The first-order valence-electron chi connectivity index (χ1n) is 7.70. The fraction of sp³-hybridized carbons (Fsp3) is 0.667. The van der Waals surface area contributed by atoms with Gasteiger partial charge in [-0.1, -0.05) is 6.07 Å². The van der Waals surface area contributed by atoms with Crippen LogP contribution in [0.1, 0.15) is 16.1 Å². The van der Waals surface area contributed by atoms with Crippen LogP contribution in [0.5, 0.6) is 0 Å². The van der Waals surface area contributed by atoms with Gasteiger partial charge in [-0.05, 0) is 24.4 Å². The first-order chi connectivity index (χ1) is 10.3. The lowest BCUT2D eigenvalue weighted by Gasteiger charge is -2.32. The van der Waals surface area contributed by atoms with Crippen molar-refractivity contribution in [2.75, 3.05) is 52.5 Å². The minimum atomic E-state index is 0. The molecule has 2 saturated heterocycles. The van der Waals surface area contributed by atoms with Crippen LogP contribution >= 0.6 is 23.7 Å². The predicted octanol–water partition coefficient (Wildman–Crippen LogP) is 1.31. The molecule has 1 amide bonds. The first-order valence-corrected chi connectivity index (χ1v) is 8.58. The number of nitrogens with zero attached hydrogens (tertiary/aromatic N) is 2. The van der Waals surface area contributed by atoms with Gasteiger partial charge in [0.25, 0.3) is 5.91 Å². The Bertz CT molecular complexity index is 446. The van der Waals surface area contributed by atoms with Crippen LogP contribution in [0.25, 0.3) is 0 Å². The Balaban J connectivity index is 0.00000176. The normalized spacial score (nSPS) is 22.3. The maximum atomic E-state index is 12.7. The quantitative estimate of drug-likeness (QED) is 0.874. The van der Waals surface area contributed by atoms with Gasteiger partial charge >= 0.3 is 0 Å². The van der Waals surface area contributed by atoms with E-state index in [2.05, 4.69) is 15.1 Å². The molecule has 2 aliphatic heterocycles. The third kappa shape index (κ3) is 4.43. The average Bonchev–Trinajstić information content (AvgIpc) is 3.22. The van der Waals surface area contributed by atoms with E-state index in [1.807, 2.05) is 17.5 Å². The summed E-state index contributed by atoms with van der Waals surface area (Å²) in [5, 5.41) is 5.34. The monoisotopic (exact) mass is 345 g/mol. The Morgan fingerprint density at radius 2 is 2.27 bits per heavy atom. The van der Waals surface area contributed by atoms with Crippen LogP contribution in [0, 0.1) is 0 Å². The van der Waals surface area contributed by atoms with Gasteiger partial charge in [0, 0.05) is 38.8 Å². The SMILES string of the molecule is Cl.O=C(c1cccs1)N(CCN1CCOCC1)C1CCNC1. The van der Waals surface area contributed by atoms with Crippen molar-refractivity contribution >= 4 is 29.7 Å². The number of carbonyl (C=O) groups is 1. The molecular weight excluding hydrogens is 322 g/mol. The number of thiophene rings is 1. The molecule has 7 heteroatoms. The fourth-order valence-corrected chi connectivity index (χ4v) is 3.65. The van der Waals surface area contributed by atoms with Gasteiger partial charge in [0.05, 0.1) is 18.1 Å².